The van der Waals surface area contributed by atoms with E-state index < -0.39 is 0 Å². The zero-order valence-corrected chi connectivity index (χ0v) is 13.3. The van der Waals surface area contributed by atoms with E-state index in [9.17, 15) is 0 Å². The Kier molecular flexibility index (Phi) is 4.40. The van der Waals surface area contributed by atoms with Crippen molar-refractivity contribution in [3.8, 4) is 0 Å². The second-order valence-electron chi connectivity index (χ2n) is 6.67. The molecule has 2 fully saturated rings. The van der Waals surface area contributed by atoms with Gasteiger partial charge in [-0.2, -0.15) is 0 Å². The van der Waals surface area contributed by atoms with Crippen molar-refractivity contribution < 1.29 is 0 Å². The van der Waals surface area contributed by atoms with Gasteiger partial charge in [0, 0.05) is 24.2 Å². The summed E-state index contributed by atoms with van der Waals surface area (Å²) >= 11 is 0. The molecule has 0 amide bonds. The minimum absolute atomic E-state index is 0.251. The molecule has 0 bridgehead atoms. The summed E-state index contributed by atoms with van der Waals surface area (Å²) in [6.45, 7) is 3.20. The lowest BCUT2D eigenvalue weighted by atomic mass is 10.0. The molecule has 2 aliphatic rings. The number of hydrogen-bond donors (Lipinski definition) is 1. The number of anilines is 1. The molecule has 0 spiro atoms. The number of aromatic nitrogens is 2. The molecular formula is C16H27N5. The molecule has 1 aliphatic carbocycles. The summed E-state index contributed by atoms with van der Waals surface area (Å²) in [5.41, 5.74) is 7.23. The number of rotatable bonds is 2. The molecule has 1 unspecified atom stereocenters. The zero-order chi connectivity index (χ0) is 14.8. The maximum absolute atomic E-state index is 6.07. The van der Waals surface area contributed by atoms with Gasteiger partial charge in [0.15, 0.2) is 0 Å². The van der Waals surface area contributed by atoms with Crippen molar-refractivity contribution in [2.75, 3.05) is 39.5 Å². The summed E-state index contributed by atoms with van der Waals surface area (Å²) in [5, 5.41) is 0. The summed E-state index contributed by atoms with van der Waals surface area (Å²) in [7, 11) is 4.35. The fraction of sp³-hybridized carbons (Fsp3) is 0.750. The van der Waals surface area contributed by atoms with Crippen molar-refractivity contribution in [2.24, 2.45) is 0 Å². The van der Waals surface area contributed by atoms with Gasteiger partial charge in [0.1, 0.15) is 11.6 Å². The summed E-state index contributed by atoms with van der Waals surface area (Å²) in [4.78, 5) is 14.2. The van der Waals surface area contributed by atoms with Gasteiger partial charge < -0.3 is 10.6 Å². The molecule has 3 rings (SSSR count). The van der Waals surface area contributed by atoms with Crippen LogP contribution in [0.25, 0.3) is 0 Å². The van der Waals surface area contributed by atoms with Crippen LogP contribution in [0.2, 0.25) is 0 Å². The molecule has 1 aliphatic heterocycles. The fourth-order valence-corrected chi connectivity index (χ4v) is 3.64. The van der Waals surface area contributed by atoms with Crippen LogP contribution in [0.4, 0.5) is 5.82 Å². The number of nitrogens with zero attached hydrogens (tertiary/aromatic N) is 4. The van der Waals surface area contributed by atoms with E-state index in [-0.39, 0.29) is 6.04 Å². The summed E-state index contributed by atoms with van der Waals surface area (Å²) in [6, 6.07) is 2.24. The number of nitrogen functional groups attached to an aromatic ring is 1. The Morgan fingerprint density at radius 2 is 1.86 bits per heavy atom. The van der Waals surface area contributed by atoms with Gasteiger partial charge in [-0.25, -0.2) is 9.97 Å². The maximum Gasteiger partial charge on any atom is 0.149 e. The Balaban J connectivity index is 1.89. The van der Waals surface area contributed by atoms with Crippen LogP contribution in [0.15, 0.2) is 6.07 Å². The predicted molar refractivity (Wildman–Crippen MR) is 85.1 cm³/mol. The van der Waals surface area contributed by atoms with Gasteiger partial charge in [-0.1, -0.05) is 12.8 Å². The minimum Gasteiger partial charge on any atom is -0.384 e. The van der Waals surface area contributed by atoms with Gasteiger partial charge in [-0.3, -0.25) is 4.90 Å². The third-order valence-corrected chi connectivity index (χ3v) is 4.92. The Morgan fingerprint density at radius 3 is 2.62 bits per heavy atom. The highest BCUT2D eigenvalue weighted by Gasteiger charge is 2.26. The lowest BCUT2D eigenvalue weighted by Gasteiger charge is -2.26. The van der Waals surface area contributed by atoms with Gasteiger partial charge >= 0.3 is 0 Å². The van der Waals surface area contributed by atoms with Crippen molar-refractivity contribution in [2.45, 2.75) is 44.1 Å². The van der Waals surface area contributed by atoms with Crippen LogP contribution in [0, 0.1) is 0 Å². The lowest BCUT2D eigenvalue weighted by Crippen LogP contribution is -2.32. The molecule has 0 radical (unpaired) electrons. The van der Waals surface area contributed by atoms with Crippen molar-refractivity contribution in [1.82, 2.24) is 19.8 Å². The van der Waals surface area contributed by atoms with Crippen LogP contribution in [0.5, 0.6) is 0 Å². The van der Waals surface area contributed by atoms with Crippen LogP contribution in [0.3, 0.4) is 0 Å². The van der Waals surface area contributed by atoms with Crippen LogP contribution in [-0.2, 0) is 0 Å². The molecular weight excluding hydrogens is 262 g/mol. The Morgan fingerprint density at radius 1 is 1.10 bits per heavy atom. The number of nitrogens with two attached hydrogens (primary N) is 1. The predicted octanol–water partition coefficient (Wildman–Crippen LogP) is 2.02. The van der Waals surface area contributed by atoms with E-state index in [1.165, 1.54) is 32.1 Å². The highest BCUT2D eigenvalue weighted by atomic mass is 15.2. The van der Waals surface area contributed by atoms with Crippen molar-refractivity contribution in [3.63, 3.8) is 0 Å². The molecule has 1 saturated heterocycles. The van der Waals surface area contributed by atoms with Crippen molar-refractivity contribution >= 4 is 5.82 Å². The molecule has 1 atom stereocenters. The minimum atomic E-state index is 0.251. The summed E-state index contributed by atoms with van der Waals surface area (Å²) in [6.07, 6.45) is 6.32. The average Bonchev–Trinajstić information content (AvgIpc) is 2.92. The molecule has 2 N–H and O–H groups in total. The Hall–Kier alpha value is -1.20. The second kappa shape index (κ2) is 6.28. The van der Waals surface area contributed by atoms with E-state index in [1.54, 1.807) is 0 Å². The van der Waals surface area contributed by atoms with E-state index in [2.05, 4.69) is 28.9 Å². The van der Waals surface area contributed by atoms with Gasteiger partial charge in [0.2, 0.25) is 0 Å². The summed E-state index contributed by atoms with van der Waals surface area (Å²) < 4.78 is 0. The van der Waals surface area contributed by atoms with E-state index in [1.807, 2.05) is 6.07 Å². The Labute approximate surface area is 127 Å². The van der Waals surface area contributed by atoms with Crippen molar-refractivity contribution in [1.29, 1.82) is 0 Å². The maximum atomic E-state index is 6.07. The Bertz CT molecular complexity index is 484. The van der Waals surface area contributed by atoms with Crippen LogP contribution >= 0.6 is 0 Å². The average molecular weight is 289 g/mol. The summed E-state index contributed by atoms with van der Waals surface area (Å²) in [5.74, 6) is 2.12. The van der Waals surface area contributed by atoms with Gasteiger partial charge in [-0.05, 0) is 46.4 Å². The molecule has 116 valence electrons. The first-order chi connectivity index (χ1) is 10.1. The van der Waals surface area contributed by atoms with E-state index in [0.717, 1.165) is 31.2 Å². The molecule has 1 aromatic heterocycles. The zero-order valence-electron chi connectivity index (χ0n) is 13.3. The van der Waals surface area contributed by atoms with E-state index in [4.69, 9.17) is 10.7 Å². The molecule has 0 aromatic carbocycles. The lowest BCUT2D eigenvalue weighted by molar-refractivity contribution is 0.219. The highest BCUT2D eigenvalue weighted by Crippen LogP contribution is 2.34. The molecule has 2 heterocycles. The molecule has 5 heteroatoms. The van der Waals surface area contributed by atoms with Crippen molar-refractivity contribution in [3.05, 3.63) is 17.6 Å². The molecule has 5 nitrogen and oxygen atoms in total. The van der Waals surface area contributed by atoms with Gasteiger partial charge in [0.25, 0.3) is 0 Å². The SMILES string of the molecule is CN1CCCN(C)C(c2nc(N)cc(C3CCCC3)n2)C1. The monoisotopic (exact) mass is 289 g/mol. The van der Waals surface area contributed by atoms with E-state index in [0.29, 0.717) is 11.7 Å². The second-order valence-corrected chi connectivity index (χ2v) is 6.67. The topological polar surface area (TPSA) is 58.3 Å². The number of hydrogen-bond acceptors (Lipinski definition) is 5. The molecule has 1 aromatic rings. The normalized spacial score (nSPS) is 26.1. The smallest absolute Gasteiger partial charge is 0.149 e. The highest BCUT2D eigenvalue weighted by molar-refractivity contribution is 5.32. The quantitative estimate of drug-likeness (QED) is 0.902. The standard InChI is InChI=1S/C16H27N5/c1-20-8-5-9-21(2)14(11-20)16-18-13(10-15(17)19-16)12-6-3-4-7-12/h10,12,14H,3-9,11H2,1-2H3,(H2,17,18,19). The largest absolute Gasteiger partial charge is 0.384 e. The third-order valence-electron chi connectivity index (χ3n) is 4.92. The van der Waals surface area contributed by atoms with Crippen LogP contribution in [-0.4, -0.2) is 53.5 Å². The van der Waals surface area contributed by atoms with Gasteiger partial charge in [-0.15, -0.1) is 0 Å². The first-order valence-electron chi connectivity index (χ1n) is 8.16. The van der Waals surface area contributed by atoms with E-state index >= 15 is 0 Å². The first kappa shape index (κ1) is 14.7. The van der Waals surface area contributed by atoms with Crippen LogP contribution < -0.4 is 5.73 Å². The third kappa shape index (κ3) is 3.35. The first-order valence-corrected chi connectivity index (χ1v) is 8.16. The van der Waals surface area contributed by atoms with Gasteiger partial charge in [0.05, 0.1) is 6.04 Å². The van der Waals surface area contributed by atoms with Crippen LogP contribution in [0.1, 0.15) is 55.6 Å². The molecule has 1 saturated carbocycles. The number of likely N-dealkylation sites (N-methyl/N-ethyl adjacent to an activating group) is 2. The molecule has 21 heavy (non-hydrogen) atoms. The fourth-order valence-electron chi connectivity index (χ4n) is 3.64.